The molecule has 0 aromatic heterocycles. The molecule has 0 N–H and O–H groups in total. The molecular formula is C21H31NO. The maximum absolute atomic E-state index is 6.63. The lowest BCUT2D eigenvalue weighted by Crippen LogP contribution is -2.45. The van der Waals surface area contributed by atoms with E-state index in [-0.39, 0.29) is 6.10 Å². The van der Waals surface area contributed by atoms with Crippen molar-refractivity contribution < 1.29 is 4.74 Å². The van der Waals surface area contributed by atoms with Crippen LogP contribution in [0, 0.1) is 0 Å². The molecule has 1 aromatic carbocycles. The molecule has 0 spiro atoms. The Balaban J connectivity index is 1.63. The minimum atomic E-state index is 0.270. The second kappa shape index (κ2) is 8.12. The minimum absolute atomic E-state index is 0.270. The van der Waals surface area contributed by atoms with Crippen molar-refractivity contribution in [3.63, 3.8) is 0 Å². The predicted octanol–water partition coefficient (Wildman–Crippen LogP) is 5.12. The maximum Gasteiger partial charge on any atom is 0.0828 e. The highest BCUT2D eigenvalue weighted by molar-refractivity contribution is 5.17. The summed E-state index contributed by atoms with van der Waals surface area (Å²) in [6.07, 6.45) is 11.4. The van der Waals surface area contributed by atoms with E-state index in [1.54, 1.807) is 0 Å². The van der Waals surface area contributed by atoms with Crippen LogP contribution in [0.2, 0.25) is 0 Å². The molecule has 2 bridgehead atoms. The summed E-state index contributed by atoms with van der Waals surface area (Å²) < 4.78 is 6.63. The first-order valence-electron chi connectivity index (χ1n) is 9.38. The van der Waals surface area contributed by atoms with Crippen LogP contribution in [0.15, 0.2) is 43.0 Å². The van der Waals surface area contributed by atoms with Crippen molar-refractivity contribution in [1.82, 2.24) is 4.90 Å². The van der Waals surface area contributed by atoms with Gasteiger partial charge >= 0.3 is 0 Å². The molecule has 126 valence electrons. The molecule has 2 heteroatoms. The number of hydrogen-bond acceptors (Lipinski definition) is 2. The fourth-order valence-electron chi connectivity index (χ4n) is 4.39. The number of rotatable bonds is 8. The van der Waals surface area contributed by atoms with Crippen molar-refractivity contribution in [1.29, 1.82) is 0 Å². The van der Waals surface area contributed by atoms with Crippen molar-refractivity contribution in [3.05, 3.63) is 48.6 Å². The van der Waals surface area contributed by atoms with Gasteiger partial charge in [0.05, 0.1) is 12.2 Å². The van der Waals surface area contributed by atoms with Crippen molar-refractivity contribution in [2.45, 2.75) is 76.2 Å². The lowest BCUT2D eigenvalue weighted by atomic mass is 9.98. The van der Waals surface area contributed by atoms with Gasteiger partial charge in [-0.1, -0.05) is 56.2 Å². The summed E-state index contributed by atoms with van der Waals surface area (Å²) in [4.78, 5) is 2.65. The molecule has 2 unspecified atom stereocenters. The van der Waals surface area contributed by atoms with E-state index >= 15 is 0 Å². The third-order valence-electron chi connectivity index (χ3n) is 5.53. The quantitative estimate of drug-likeness (QED) is 0.618. The van der Waals surface area contributed by atoms with Gasteiger partial charge in [0.2, 0.25) is 0 Å². The molecule has 1 aromatic rings. The van der Waals surface area contributed by atoms with Crippen LogP contribution in [-0.2, 0) is 4.74 Å². The molecule has 2 heterocycles. The Labute approximate surface area is 141 Å². The van der Waals surface area contributed by atoms with Gasteiger partial charge in [-0.2, -0.15) is 0 Å². The van der Waals surface area contributed by atoms with E-state index in [9.17, 15) is 0 Å². The van der Waals surface area contributed by atoms with Crippen LogP contribution < -0.4 is 0 Å². The molecule has 23 heavy (non-hydrogen) atoms. The fraction of sp³-hybridized carbons (Fsp3) is 0.619. The predicted molar refractivity (Wildman–Crippen MR) is 96.5 cm³/mol. The SMILES string of the molecule is C=CCN1[C@@H]2CC[C@H]1CC(OC(CCCC)c1ccccc1)C2. The lowest BCUT2D eigenvalue weighted by Gasteiger charge is -2.39. The number of benzene rings is 1. The maximum atomic E-state index is 6.63. The first kappa shape index (κ1) is 16.7. The lowest BCUT2D eigenvalue weighted by molar-refractivity contribution is -0.0639. The Morgan fingerprint density at radius 1 is 1.22 bits per heavy atom. The van der Waals surface area contributed by atoms with Gasteiger partial charge in [0.15, 0.2) is 0 Å². The van der Waals surface area contributed by atoms with Gasteiger partial charge in [-0.3, -0.25) is 4.90 Å². The van der Waals surface area contributed by atoms with Crippen LogP contribution in [0.5, 0.6) is 0 Å². The fourth-order valence-corrected chi connectivity index (χ4v) is 4.39. The summed E-state index contributed by atoms with van der Waals surface area (Å²) in [6, 6.07) is 12.2. The smallest absolute Gasteiger partial charge is 0.0828 e. The Kier molecular flexibility index (Phi) is 5.91. The molecule has 4 atom stereocenters. The number of unbranched alkanes of at least 4 members (excludes halogenated alkanes) is 1. The van der Waals surface area contributed by atoms with Crippen molar-refractivity contribution in [2.24, 2.45) is 0 Å². The molecule has 2 aliphatic heterocycles. The molecule has 0 aliphatic carbocycles. The molecule has 2 fully saturated rings. The monoisotopic (exact) mass is 313 g/mol. The van der Waals surface area contributed by atoms with Crippen LogP contribution in [0.4, 0.5) is 0 Å². The zero-order valence-electron chi connectivity index (χ0n) is 14.5. The average molecular weight is 313 g/mol. The summed E-state index contributed by atoms with van der Waals surface area (Å²) in [6.45, 7) is 7.22. The second-order valence-electron chi connectivity index (χ2n) is 7.14. The summed E-state index contributed by atoms with van der Waals surface area (Å²) in [5.41, 5.74) is 1.35. The van der Waals surface area contributed by atoms with Crippen molar-refractivity contribution >= 4 is 0 Å². The summed E-state index contributed by atoms with van der Waals surface area (Å²) in [7, 11) is 0. The largest absolute Gasteiger partial charge is 0.370 e. The van der Waals surface area contributed by atoms with E-state index in [1.807, 2.05) is 0 Å². The van der Waals surface area contributed by atoms with E-state index < -0.39 is 0 Å². The van der Waals surface area contributed by atoms with E-state index in [0.717, 1.165) is 13.0 Å². The zero-order valence-corrected chi connectivity index (χ0v) is 14.5. The Morgan fingerprint density at radius 2 is 1.91 bits per heavy atom. The normalized spacial score (nSPS) is 28.7. The second-order valence-corrected chi connectivity index (χ2v) is 7.14. The van der Waals surface area contributed by atoms with E-state index in [0.29, 0.717) is 18.2 Å². The summed E-state index contributed by atoms with van der Waals surface area (Å²) in [5, 5.41) is 0. The van der Waals surface area contributed by atoms with E-state index in [2.05, 4.69) is 54.8 Å². The third kappa shape index (κ3) is 4.05. The zero-order chi connectivity index (χ0) is 16.1. The van der Waals surface area contributed by atoms with Crippen molar-refractivity contribution in [2.75, 3.05) is 6.54 Å². The third-order valence-corrected chi connectivity index (χ3v) is 5.53. The van der Waals surface area contributed by atoms with Crippen LogP contribution >= 0.6 is 0 Å². The molecular weight excluding hydrogens is 282 g/mol. The molecule has 0 radical (unpaired) electrons. The highest BCUT2D eigenvalue weighted by Gasteiger charge is 2.41. The number of ether oxygens (including phenoxy) is 1. The van der Waals surface area contributed by atoms with E-state index in [1.165, 1.54) is 44.1 Å². The van der Waals surface area contributed by atoms with Gasteiger partial charge in [0.1, 0.15) is 0 Å². The number of fused-ring (bicyclic) bond motifs is 2. The summed E-state index contributed by atoms with van der Waals surface area (Å²) in [5.74, 6) is 0. The Bertz CT molecular complexity index is 472. The standard InChI is InChI=1S/C21H31NO/c1-3-5-11-21(17-9-7-6-8-10-17)23-20-15-18-12-13-19(16-20)22(18)14-4-2/h4,6-10,18-21H,2-3,5,11-16H2,1H3/t18-,19+,20?,21?. The molecule has 0 amide bonds. The Hall–Kier alpha value is -1.12. The van der Waals surface area contributed by atoms with Gasteiger partial charge in [0.25, 0.3) is 0 Å². The first-order valence-corrected chi connectivity index (χ1v) is 9.38. The highest BCUT2D eigenvalue weighted by Crippen LogP contribution is 2.39. The van der Waals surface area contributed by atoms with Crippen LogP contribution in [0.25, 0.3) is 0 Å². The van der Waals surface area contributed by atoms with Crippen LogP contribution in [0.3, 0.4) is 0 Å². The van der Waals surface area contributed by atoms with Gasteiger partial charge < -0.3 is 4.74 Å². The summed E-state index contributed by atoms with van der Waals surface area (Å²) >= 11 is 0. The number of piperidine rings is 1. The van der Waals surface area contributed by atoms with Crippen LogP contribution in [0.1, 0.15) is 63.5 Å². The molecule has 2 nitrogen and oxygen atoms in total. The first-order chi connectivity index (χ1) is 11.3. The highest BCUT2D eigenvalue weighted by atomic mass is 16.5. The minimum Gasteiger partial charge on any atom is -0.370 e. The molecule has 2 aliphatic rings. The topological polar surface area (TPSA) is 12.5 Å². The van der Waals surface area contributed by atoms with Gasteiger partial charge in [-0.15, -0.1) is 6.58 Å². The Morgan fingerprint density at radius 3 is 2.52 bits per heavy atom. The molecule has 3 rings (SSSR count). The average Bonchev–Trinajstić information content (AvgIpc) is 2.82. The van der Waals surface area contributed by atoms with Crippen molar-refractivity contribution in [3.8, 4) is 0 Å². The number of nitrogens with zero attached hydrogens (tertiary/aromatic N) is 1. The molecule has 0 saturated carbocycles. The van der Waals surface area contributed by atoms with Gasteiger partial charge in [-0.25, -0.2) is 0 Å². The van der Waals surface area contributed by atoms with Gasteiger partial charge in [0, 0.05) is 18.6 Å². The van der Waals surface area contributed by atoms with Gasteiger partial charge in [-0.05, 0) is 37.7 Å². The molecule has 2 saturated heterocycles. The number of hydrogen-bond donors (Lipinski definition) is 0. The van der Waals surface area contributed by atoms with Crippen LogP contribution in [-0.4, -0.2) is 29.6 Å². The van der Waals surface area contributed by atoms with E-state index in [4.69, 9.17) is 4.74 Å².